The van der Waals surface area contributed by atoms with Crippen LogP contribution in [-0.2, 0) is 22.6 Å². The Morgan fingerprint density at radius 3 is 1.97 bits per heavy atom. The number of carbonyl (C=O) groups excluding carboxylic acids is 1. The molecule has 1 unspecified atom stereocenters. The highest BCUT2D eigenvalue weighted by Gasteiger charge is 2.22. The van der Waals surface area contributed by atoms with Crippen molar-refractivity contribution in [1.29, 1.82) is 0 Å². The van der Waals surface area contributed by atoms with E-state index >= 15 is 0 Å². The van der Waals surface area contributed by atoms with Crippen LogP contribution in [0, 0.1) is 0 Å². The van der Waals surface area contributed by atoms with E-state index in [0.717, 1.165) is 22.3 Å². The van der Waals surface area contributed by atoms with Gasteiger partial charge in [-0.25, -0.2) is 4.79 Å². The number of aliphatic carboxylic acids is 2. The minimum absolute atomic E-state index is 0.0284. The molecular formula is C26H25ClN2O5. The fraction of sp³-hybridized carbons (Fsp3) is 0.192. The van der Waals surface area contributed by atoms with Crippen molar-refractivity contribution in [2.75, 3.05) is 13.6 Å². The van der Waals surface area contributed by atoms with Gasteiger partial charge in [0.05, 0.1) is 17.1 Å². The molecule has 0 aliphatic heterocycles. The molecule has 0 saturated carbocycles. The van der Waals surface area contributed by atoms with Crippen molar-refractivity contribution in [3.63, 3.8) is 0 Å². The first kappa shape index (κ1) is 25.0. The predicted octanol–water partition coefficient (Wildman–Crippen LogP) is 3.95. The van der Waals surface area contributed by atoms with Crippen LogP contribution in [0.4, 0.5) is 0 Å². The van der Waals surface area contributed by atoms with Gasteiger partial charge in [-0.1, -0.05) is 72.3 Å². The normalized spacial score (nSPS) is 11.7. The zero-order valence-electron chi connectivity index (χ0n) is 18.6. The van der Waals surface area contributed by atoms with Crippen LogP contribution in [0.15, 0.2) is 72.8 Å². The van der Waals surface area contributed by atoms with Gasteiger partial charge < -0.3 is 15.5 Å². The quantitative estimate of drug-likeness (QED) is 0.405. The smallest absolute Gasteiger partial charge is 0.326 e. The van der Waals surface area contributed by atoms with Gasteiger partial charge in [-0.05, 0) is 41.4 Å². The van der Waals surface area contributed by atoms with Gasteiger partial charge in [0.1, 0.15) is 6.04 Å². The molecule has 3 aromatic carbocycles. The number of hydrogen-bond acceptors (Lipinski definition) is 4. The molecule has 0 bridgehead atoms. The van der Waals surface area contributed by atoms with Crippen LogP contribution in [-0.4, -0.2) is 52.6 Å². The van der Waals surface area contributed by atoms with Gasteiger partial charge in [-0.2, -0.15) is 0 Å². The Balaban J connectivity index is 1.64. The van der Waals surface area contributed by atoms with Gasteiger partial charge in [0.25, 0.3) is 5.91 Å². The van der Waals surface area contributed by atoms with Gasteiger partial charge in [0, 0.05) is 13.0 Å². The first-order valence-electron chi connectivity index (χ1n) is 10.6. The summed E-state index contributed by atoms with van der Waals surface area (Å²) >= 11 is 6.04. The fourth-order valence-corrected chi connectivity index (χ4v) is 3.77. The van der Waals surface area contributed by atoms with Gasteiger partial charge in [-0.3, -0.25) is 14.5 Å². The molecule has 0 fully saturated rings. The van der Waals surface area contributed by atoms with Crippen molar-refractivity contribution in [3.8, 4) is 11.1 Å². The highest BCUT2D eigenvalue weighted by atomic mass is 35.5. The number of amides is 1. The topological polar surface area (TPSA) is 107 Å². The summed E-state index contributed by atoms with van der Waals surface area (Å²) in [5.41, 5.74) is 3.94. The summed E-state index contributed by atoms with van der Waals surface area (Å²) < 4.78 is 0. The standard InChI is InChI=1S/C26H25ClN2O5/c1-29(16-24(30)31)15-18-8-12-20(13-9-18)19-10-6-17(7-11-19)14-23(26(33)34)28-25(32)21-4-2-3-5-22(21)27/h2-13,23H,14-16H2,1H3,(H,28,32)(H,30,31)(H,33,34). The zero-order chi connectivity index (χ0) is 24.7. The molecule has 3 N–H and O–H groups in total. The van der Waals surface area contributed by atoms with Crippen LogP contribution in [0.2, 0.25) is 5.02 Å². The highest BCUT2D eigenvalue weighted by molar-refractivity contribution is 6.33. The summed E-state index contributed by atoms with van der Waals surface area (Å²) in [5.74, 6) is -2.54. The highest BCUT2D eigenvalue weighted by Crippen LogP contribution is 2.22. The summed E-state index contributed by atoms with van der Waals surface area (Å²) in [5, 5.41) is 21.2. The summed E-state index contributed by atoms with van der Waals surface area (Å²) in [6, 6.07) is 20.7. The van der Waals surface area contributed by atoms with E-state index in [1.807, 2.05) is 48.5 Å². The van der Waals surface area contributed by atoms with Crippen molar-refractivity contribution in [3.05, 3.63) is 94.5 Å². The lowest BCUT2D eigenvalue weighted by molar-refractivity contribution is -0.139. The fourth-order valence-electron chi connectivity index (χ4n) is 3.55. The minimum Gasteiger partial charge on any atom is -0.480 e. The molecule has 0 aromatic heterocycles. The third-order valence-electron chi connectivity index (χ3n) is 5.26. The Morgan fingerprint density at radius 2 is 1.44 bits per heavy atom. The van der Waals surface area contributed by atoms with E-state index in [1.54, 1.807) is 36.2 Å². The number of benzene rings is 3. The molecule has 3 rings (SSSR count). The van der Waals surface area contributed by atoms with Gasteiger partial charge in [-0.15, -0.1) is 0 Å². The number of halogens is 1. The van der Waals surface area contributed by atoms with E-state index in [9.17, 15) is 19.5 Å². The summed E-state index contributed by atoms with van der Waals surface area (Å²) in [6.45, 7) is 0.501. The Kier molecular flexibility index (Phi) is 8.40. The van der Waals surface area contributed by atoms with Crippen LogP contribution < -0.4 is 5.32 Å². The number of carbonyl (C=O) groups is 3. The number of rotatable bonds is 10. The van der Waals surface area contributed by atoms with Crippen LogP contribution in [0.25, 0.3) is 11.1 Å². The SMILES string of the molecule is CN(CC(=O)O)Cc1ccc(-c2ccc(CC(NC(=O)c3ccccc3Cl)C(=O)O)cc2)cc1. The first-order valence-corrected chi connectivity index (χ1v) is 11.0. The van der Waals surface area contributed by atoms with Gasteiger partial charge in [0.15, 0.2) is 0 Å². The molecule has 0 aliphatic carbocycles. The maximum atomic E-state index is 12.5. The summed E-state index contributed by atoms with van der Waals surface area (Å²) in [7, 11) is 1.75. The molecule has 1 atom stereocenters. The summed E-state index contributed by atoms with van der Waals surface area (Å²) in [4.78, 5) is 36.7. The second-order valence-electron chi connectivity index (χ2n) is 8.01. The molecule has 0 radical (unpaired) electrons. The Labute approximate surface area is 202 Å². The number of likely N-dealkylation sites (N-methyl/N-ethyl adjacent to an activating group) is 1. The molecule has 3 aromatic rings. The molecule has 0 spiro atoms. The van der Waals surface area contributed by atoms with Crippen LogP contribution in [0.1, 0.15) is 21.5 Å². The second-order valence-corrected chi connectivity index (χ2v) is 8.42. The van der Waals surface area contributed by atoms with E-state index in [4.69, 9.17) is 16.7 Å². The largest absolute Gasteiger partial charge is 0.480 e. The van der Waals surface area contributed by atoms with Gasteiger partial charge >= 0.3 is 11.9 Å². The monoisotopic (exact) mass is 480 g/mol. The van der Waals surface area contributed by atoms with Crippen molar-refractivity contribution in [1.82, 2.24) is 10.2 Å². The van der Waals surface area contributed by atoms with E-state index < -0.39 is 23.9 Å². The maximum Gasteiger partial charge on any atom is 0.326 e. The van der Waals surface area contributed by atoms with Gasteiger partial charge in [0.2, 0.25) is 0 Å². The lowest BCUT2D eigenvalue weighted by atomic mass is 9.99. The number of carboxylic acid groups (broad SMARTS) is 2. The maximum absolute atomic E-state index is 12.5. The molecule has 0 saturated heterocycles. The van der Waals surface area contributed by atoms with Crippen molar-refractivity contribution >= 4 is 29.4 Å². The third-order valence-corrected chi connectivity index (χ3v) is 5.59. The Hall–Kier alpha value is -3.68. The second kappa shape index (κ2) is 11.4. The van der Waals surface area contributed by atoms with Crippen molar-refractivity contribution in [2.24, 2.45) is 0 Å². The van der Waals surface area contributed by atoms with E-state index in [0.29, 0.717) is 6.54 Å². The van der Waals surface area contributed by atoms with E-state index in [-0.39, 0.29) is 23.6 Å². The molecule has 34 heavy (non-hydrogen) atoms. The van der Waals surface area contributed by atoms with Crippen LogP contribution in [0.5, 0.6) is 0 Å². The zero-order valence-corrected chi connectivity index (χ0v) is 19.3. The molecule has 7 nitrogen and oxygen atoms in total. The molecule has 176 valence electrons. The lowest BCUT2D eigenvalue weighted by Gasteiger charge is -2.16. The van der Waals surface area contributed by atoms with E-state index in [2.05, 4.69) is 5.32 Å². The number of nitrogens with one attached hydrogen (secondary N) is 1. The van der Waals surface area contributed by atoms with E-state index in [1.165, 1.54) is 0 Å². The van der Waals surface area contributed by atoms with Crippen LogP contribution in [0.3, 0.4) is 0 Å². The average molecular weight is 481 g/mol. The molecule has 0 heterocycles. The summed E-state index contributed by atoms with van der Waals surface area (Å²) in [6.07, 6.45) is 0.126. The molecular weight excluding hydrogens is 456 g/mol. The number of carboxylic acids is 2. The first-order chi connectivity index (χ1) is 16.2. The van der Waals surface area contributed by atoms with Crippen LogP contribution >= 0.6 is 11.6 Å². The Morgan fingerprint density at radius 1 is 0.882 bits per heavy atom. The van der Waals surface area contributed by atoms with Crippen molar-refractivity contribution < 1.29 is 24.6 Å². The molecule has 1 amide bonds. The average Bonchev–Trinajstić information content (AvgIpc) is 2.79. The molecule has 0 aliphatic rings. The lowest BCUT2D eigenvalue weighted by Crippen LogP contribution is -2.42. The minimum atomic E-state index is -1.13. The number of nitrogens with zero attached hydrogens (tertiary/aromatic N) is 1. The van der Waals surface area contributed by atoms with Crippen molar-refractivity contribution in [2.45, 2.75) is 19.0 Å². The Bertz CT molecular complexity index is 1160. The molecule has 8 heteroatoms. The number of hydrogen-bond donors (Lipinski definition) is 3. The third kappa shape index (κ3) is 6.91. The predicted molar refractivity (Wildman–Crippen MR) is 130 cm³/mol.